The zero-order valence-electron chi connectivity index (χ0n) is 54.5. The molecule has 524 valence electrons. The molecule has 0 bridgehead atoms. The highest BCUT2D eigenvalue weighted by Crippen LogP contribution is 2.24. The maximum atomic E-state index is 14.7. The predicted octanol–water partition coefficient (Wildman–Crippen LogP) is -3.71. The zero-order chi connectivity index (χ0) is 70.1. The maximum absolute atomic E-state index is 14.7. The van der Waals surface area contributed by atoms with Gasteiger partial charge in [0.25, 0.3) is 0 Å². The fraction of sp³-hybridized carbons (Fsp3) is 0.587. The van der Waals surface area contributed by atoms with Crippen LogP contribution in [-0.4, -0.2) is 198 Å². The van der Waals surface area contributed by atoms with Gasteiger partial charge in [-0.05, 0) is 119 Å². The Hall–Kier alpha value is -8.91. The predicted molar refractivity (Wildman–Crippen MR) is 356 cm³/mol. The number of primary amides is 3. The highest BCUT2D eigenvalue weighted by atomic mass is 32.2. The summed E-state index contributed by atoms with van der Waals surface area (Å²) >= 11 is 1.45. The molecule has 0 radical (unpaired) electrons. The van der Waals surface area contributed by atoms with Gasteiger partial charge in [-0.1, -0.05) is 74.5 Å². The van der Waals surface area contributed by atoms with Crippen LogP contribution in [0.1, 0.15) is 121 Å². The van der Waals surface area contributed by atoms with Crippen LogP contribution in [0.2, 0.25) is 0 Å². The smallest absolute Gasteiger partial charge is 0.245 e. The van der Waals surface area contributed by atoms with Gasteiger partial charge in [-0.2, -0.15) is 11.8 Å². The number of benzene rings is 2. The van der Waals surface area contributed by atoms with Crippen LogP contribution in [0, 0.1) is 5.92 Å². The van der Waals surface area contributed by atoms with Gasteiger partial charge in [0.05, 0.1) is 12.6 Å². The number of nitrogens with two attached hydrogens (primary N) is 7. The molecular formula is C63H98N18O13S. The third-order valence-corrected chi connectivity index (χ3v) is 16.7. The van der Waals surface area contributed by atoms with Gasteiger partial charge >= 0.3 is 0 Å². The van der Waals surface area contributed by atoms with Crippen LogP contribution in [-0.2, 0) is 75.2 Å². The molecule has 32 heteroatoms. The molecule has 2 fully saturated rings. The number of amides is 13. The average molecular weight is 1350 g/mol. The van der Waals surface area contributed by atoms with Crippen LogP contribution in [0.15, 0.2) is 65.7 Å². The molecule has 2 aromatic rings. The van der Waals surface area contributed by atoms with E-state index in [2.05, 4.69) is 47.5 Å². The SMILES string of the molecule is CSCC[C@H](NC(=O)[C@H](CC(C)C)NC(=O)CNC(=O)[C@@H](Cc1ccccc1)NC(=O)[C@@H](Cc1ccccc1)NC(=O)[C@@H](CCC(N)=O)NC(=O)[C@H](CCC(N)=O)NC(=O)[C@@H]1CCCN1C(=O)[C@@H](CCCCN)NC(=O)[C@H]1CCCN1C(=O)[C@@H](N)CCCN=C(N)N)C(N)=O. The summed E-state index contributed by atoms with van der Waals surface area (Å²) in [5.74, 6) is -9.80. The molecule has 31 nitrogen and oxygen atoms in total. The number of unbranched alkanes of at least 4 members (excludes halogenated alkanes) is 1. The van der Waals surface area contributed by atoms with Gasteiger partial charge in [0.15, 0.2) is 5.96 Å². The fourth-order valence-electron chi connectivity index (χ4n) is 11.0. The van der Waals surface area contributed by atoms with Crippen molar-refractivity contribution in [2.45, 2.75) is 183 Å². The Morgan fingerprint density at radius 2 is 1.01 bits per heavy atom. The van der Waals surface area contributed by atoms with Crippen LogP contribution in [0.3, 0.4) is 0 Å². The maximum Gasteiger partial charge on any atom is 0.245 e. The van der Waals surface area contributed by atoms with E-state index in [4.69, 9.17) is 40.1 Å². The normalized spacial score (nSPS) is 16.8. The first-order valence-corrected chi connectivity index (χ1v) is 33.6. The summed E-state index contributed by atoms with van der Waals surface area (Å²) in [5, 5.41) is 21.1. The number of nitrogens with one attached hydrogen (secondary N) is 8. The minimum Gasteiger partial charge on any atom is -0.370 e. The summed E-state index contributed by atoms with van der Waals surface area (Å²) in [6.07, 6.45) is 3.12. The molecule has 0 saturated carbocycles. The van der Waals surface area contributed by atoms with Gasteiger partial charge < -0.3 is 92.5 Å². The summed E-state index contributed by atoms with van der Waals surface area (Å²) in [4.78, 5) is 185. The first kappa shape index (κ1) is 78.5. The van der Waals surface area contributed by atoms with E-state index >= 15 is 0 Å². The number of carbonyl (C=O) groups is 13. The van der Waals surface area contributed by atoms with Crippen molar-refractivity contribution >= 4 is 94.5 Å². The van der Waals surface area contributed by atoms with Crippen molar-refractivity contribution in [1.82, 2.24) is 52.3 Å². The van der Waals surface area contributed by atoms with E-state index in [1.807, 2.05) is 20.1 Å². The van der Waals surface area contributed by atoms with Crippen LogP contribution >= 0.6 is 11.8 Å². The van der Waals surface area contributed by atoms with E-state index in [9.17, 15) is 62.3 Å². The summed E-state index contributed by atoms with van der Waals surface area (Å²) in [5.41, 5.74) is 40.6. The molecule has 2 aromatic carbocycles. The van der Waals surface area contributed by atoms with E-state index in [-0.39, 0.29) is 83.0 Å². The number of aliphatic imine (C=N–C) groups is 1. The highest BCUT2D eigenvalue weighted by molar-refractivity contribution is 7.98. The second kappa shape index (κ2) is 41.0. The number of nitrogens with zero attached hydrogens (tertiary/aromatic N) is 3. The van der Waals surface area contributed by atoms with Crippen LogP contribution in [0.25, 0.3) is 0 Å². The zero-order valence-corrected chi connectivity index (χ0v) is 55.3. The number of thioether (sulfide) groups is 1. The number of likely N-dealkylation sites (tertiary alicyclic amines) is 2. The van der Waals surface area contributed by atoms with Gasteiger partial charge in [-0.15, -0.1) is 0 Å². The van der Waals surface area contributed by atoms with Crippen molar-refractivity contribution in [2.24, 2.45) is 51.0 Å². The number of rotatable bonds is 42. The van der Waals surface area contributed by atoms with Crippen molar-refractivity contribution < 1.29 is 62.3 Å². The van der Waals surface area contributed by atoms with Gasteiger partial charge in [-0.25, -0.2) is 0 Å². The van der Waals surface area contributed by atoms with E-state index < -0.39 is 169 Å². The van der Waals surface area contributed by atoms with E-state index in [0.717, 1.165) is 0 Å². The Morgan fingerprint density at radius 3 is 1.51 bits per heavy atom. The van der Waals surface area contributed by atoms with E-state index in [1.54, 1.807) is 60.7 Å². The molecule has 0 spiro atoms. The second-order valence-corrected chi connectivity index (χ2v) is 25.1. The van der Waals surface area contributed by atoms with Crippen LogP contribution in [0.5, 0.6) is 0 Å². The molecule has 0 aliphatic carbocycles. The minimum absolute atomic E-state index is 0.0736. The Kier molecular flexibility index (Phi) is 33.9. The van der Waals surface area contributed by atoms with Crippen molar-refractivity contribution in [2.75, 3.05) is 44.7 Å². The quantitative estimate of drug-likeness (QED) is 0.0173. The van der Waals surface area contributed by atoms with Crippen molar-refractivity contribution in [3.05, 3.63) is 71.8 Å². The molecule has 2 heterocycles. The fourth-order valence-corrected chi connectivity index (χ4v) is 11.5. The summed E-state index contributed by atoms with van der Waals surface area (Å²) in [6, 6.07) is 4.51. The van der Waals surface area contributed by atoms with Gasteiger partial charge in [-0.3, -0.25) is 67.3 Å². The van der Waals surface area contributed by atoms with Gasteiger partial charge in [0, 0.05) is 45.3 Å². The molecule has 10 atom stereocenters. The van der Waals surface area contributed by atoms with Gasteiger partial charge in [0.2, 0.25) is 76.8 Å². The van der Waals surface area contributed by atoms with Gasteiger partial charge in [0.1, 0.15) is 54.4 Å². The van der Waals surface area contributed by atoms with Crippen LogP contribution < -0.4 is 82.7 Å². The number of carbonyl (C=O) groups excluding carboxylic acids is 13. The second-order valence-electron chi connectivity index (χ2n) is 24.1. The lowest BCUT2D eigenvalue weighted by atomic mass is 10.0. The summed E-state index contributed by atoms with van der Waals surface area (Å²) < 4.78 is 0. The summed E-state index contributed by atoms with van der Waals surface area (Å²) in [6.45, 7) is 3.86. The minimum atomic E-state index is -1.64. The number of hydrogen-bond donors (Lipinski definition) is 15. The lowest BCUT2D eigenvalue weighted by molar-refractivity contribution is -0.144. The molecule has 4 rings (SSSR count). The Balaban J connectivity index is 1.56. The lowest BCUT2D eigenvalue weighted by Gasteiger charge is -2.32. The van der Waals surface area contributed by atoms with Crippen LogP contribution in [0.4, 0.5) is 0 Å². The largest absolute Gasteiger partial charge is 0.370 e. The van der Waals surface area contributed by atoms with Crippen molar-refractivity contribution in [3.8, 4) is 0 Å². The Morgan fingerprint density at radius 1 is 0.537 bits per heavy atom. The van der Waals surface area contributed by atoms with Crippen molar-refractivity contribution in [1.29, 1.82) is 0 Å². The molecule has 2 aliphatic heterocycles. The monoisotopic (exact) mass is 1350 g/mol. The lowest BCUT2D eigenvalue weighted by Crippen LogP contribution is -2.60. The topological polar surface area (TPSA) is 519 Å². The number of guanidine groups is 1. The third kappa shape index (κ3) is 27.5. The first-order valence-electron chi connectivity index (χ1n) is 32.2. The molecule has 0 aromatic heterocycles. The molecule has 2 aliphatic rings. The third-order valence-electron chi connectivity index (χ3n) is 16.0. The first-order chi connectivity index (χ1) is 45.2. The Labute approximate surface area is 558 Å². The highest BCUT2D eigenvalue weighted by Gasteiger charge is 2.42. The Bertz CT molecular complexity index is 2960. The van der Waals surface area contributed by atoms with E-state index in [0.29, 0.717) is 55.4 Å². The molecule has 2 saturated heterocycles. The average Bonchev–Trinajstić information content (AvgIpc) is 1.74. The molecule has 13 amide bonds. The molecule has 0 unspecified atom stereocenters. The molecule has 22 N–H and O–H groups in total. The standard InChI is InChI=1S/C63H98N18O13S/c1-37(2)33-45(57(89)74-41(53(68)85)27-32-95-3)73-52(84)36-72-54(86)46(34-38-15-6-4-7-16-38)78-58(90)47(35-39-17-8-5-9-18-39)79-56(88)42(23-25-50(66)82)75-55(87)43(24-26-51(67)83)76-59(91)49-22-14-31-81(49)62(94)44(20-10-11-28-64)77-60(92)48-21-13-30-80(48)61(93)40(65)19-12-29-71-63(69)70/h4-9,15-18,37,40-49H,10-14,19-36,64-65H2,1-3H3,(H2,66,82)(H2,67,83)(H2,68,85)(H,72,86)(H,73,84)(H,74,89)(H,75,87)(H,76,91)(H,77,92)(H,78,90)(H,79,88)(H4,69,70,71)/t40-,41-,42+,43-,44+,45-,46+,47+,48+,49-/m0/s1. The number of hydrogen-bond acceptors (Lipinski definition) is 17. The molecule has 95 heavy (non-hydrogen) atoms. The van der Waals surface area contributed by atoms with Crippen molar-refractivity contribution in [3.63, 3.8) is 0 Å². The summed E-state index contributed by atoms with van der Waals surface area (Å²) in [7, 11) is 0. The van der Waals surface area contributed by atoms with E-state index in [1.165, 1.54) is 21.6 Å². The molecular weight excluding hydrogens is 1250 g/mol.